The fourth-order valence-electron chi connectivity index (χ4n) is 3.87. The van der Waals surface area contributed by atoms with Gasteiger partial charge in [0.25, 0.3) is 0 Å². The molecule has 0 radical (unpaired) electrons. The van der Waals surface area contributed by atoms with E-state index < -0.39 is 33.6 Å². The van der Waals surface area contributed by atoms with E-state index in [1.54, 1.807) is 20.8 Å². The molecule has 0 aliphatic carbocycles. The SMILES string of the molecule is CC(C)(C)OC(=O)N[C@H]1CCS(=O)(=O)C[C@H]1Nc1cnc(C#N)c(-c2cc3ccccc3[nH]2)n1. The van der Waals surface area contributed by atoms with Gasteiger partial charge < -0.3 is 20.4 Å². The fraction of sp³-hybridized carbons (Fsp3) is 0.391. The Kier molecular flexibility index (Phi) is 6.18. The average molecular weight is 483 g/mol. The van der Waals surface area contributed by atoms with Gasteiger partial charge >= 0.3 is 6.09 Å². The van der Waals surface area contributed by atoms with Crippen LogP contribution in [-0.4, -0.2) is 58.7 Å². The number of fused-ring (bicyclic) bond motifs is 1. The first-order valence-corrected chi connectivity index (χ1v) is 12.7. The zero-order chi connectivity index (χ0) is 24.5. The zero-order valence-corrected chi connectivity index (χ0v) is 19.9. The molecular weight excluding hydrogens is 456 g/mol. The first kappa shape index (κ1) is 23.5. The van der Waals surface area contributed by atoms with E-state index in [2.05, 4.69) is 25.6 Å². The molecule has 1 saturated heterocycles. The van der Waals surface area contributed by atoms with Gasteiger partial charge in [0, 0.05) is 10.9 Å². The Labute approximate surface area is 197 Å². The van der Waals surface area contributed by atoms with E-state index in [0.29, 0.717) is 17.2 Å². The maximum absolute atomic E-state index is 12.3. The monoisotopic (exact) mass is 482 g/mol. The maximum Gasteiger partial charge on any atom is 0.407 e. The Morgan fingerprint density at radius 1 is 1.26 bits per heavy atom. The summed E-state index contributed by atoms with van der Waals surface area (Å²) in [5, 5.41) is 16.4. The van der Waals surface area contributed by atoms with Crippen molar-refractivity contribution in [1.29, 1.82) is 5.26 Å². The molecular formula is C23H26N6O4S. The van der Waals surface area contributed by atoms with E-state index in [1.165, 1.54) is 6.20 Å². The van der Waals surface area contributed by atoms with Crippen molar-refractivity contribution in [2.45, 2.75) is 44.9 Å². The van der Waals surface area contributed by atoms with Crippen molar-refractivity contribution in [2.75, 3.05) is 16.8 Å². The van der Waals surface area contributed by atoms with Crippen molar-refractivity contribution < 1.29 is 17.9 Å². The Morgan fingerprint density at radius 2 is 2.03 bits per heavy atom. The van der Waals surface area contributed by atoms with Crippen LogP contribution in [0.5, 0.6) is 0 Å². The summed E-state index contributed by atoms with van der Waals surface area (Å²) in [7, 11) is -3.31. The number of hydrogen-bond acceptors (Lipinski definition) is 8. The number of para-hydroxylation sites is 1. The number of ether oxygens (including phenoxy) is 1. The minimum atomic E-state index is -3.31. The molecule has 3 heterocycles. The molecule has 1 aromatic carbocycles. The number of hydrogen-bond donors (Lipinski definition) is 3. The van der Waals surface area contributed by atoms with Gasteiger partial charge in [-0.2, -0.15) is 5.26 Å². The van der Waals surface area contributed by atoms with Crippen molar-refractivity contribution in [3.8, 4) is 17.5 Å². The topological polar surface area (TPSA) is 150 Å². The Morgan fingerprint density at radius 3 is 2.74 bits per heavy atom. The Hall–Kier alpha value is -3.65. The number of nitrogens with one attached hydrogen (secondary N) is 3. The highest BCUT2D eigenvalue weighted by Gasteiger charge is 2.35. The summed E-state index contributed by atoms with van der Waals surface area (Å²) in [6.07, 6.45) is 1.00. The molecule has 2 atom stereocenters. The van der Waals surface area contributed by atoms with Crippen molar-refractivity contribution in [3.63, 3.8) is 0 Å². The summed E-state index contributed by atoms with van der Waals surface area (Å²) < 4.78 is 30.0. The number of sulfone groups is 1. The lowest BCUT2D eigenvalue weighted by molar-refractivity contribution is 0.0497. The smallest absolute Gasteiger partial charge is 0.407 e. The van der Waals surface area contributed by atoms with Gasteiger partial charge in [-0.25, -0.2) is 23.2 Å². The summed E-state index contributed by atoms with van der Waals surface area (Å²) in [6, 6.07) is 10.5. The molecule has 1 amide bonds. The summed E-state index contributed by atoms with van der Waals surface area (Å²) in [4.78, 5) is 24.3. The quantitative estimate of drug-likeness (QED) is 0.514. The average Bonchev–Trinajstić information content (AvgIpc) is 3.18. The summed E-state index contributed by atoms with van der Waals surface area (Å²) in [5.74, 6) is 0.0766. The predicted molar refractivity (Wildman–Crippen MR) is 128 cm³/mol. The van der Waals surface area contributed by atoms with Gasteiger partial charge in [0.2, 0.25) is 0 Å². The van der Waals surface area contributed by atoms with Gasteiger partial charge in [-0.3, -0.25) is 0 Å². The lowest BCUT2D eigenvalue weighted by Crippen LogP contribution is -2.54. The van der Waals surface area contributed by atoms with Crippen LogP contribution in [0.2, 0.25) is 0 Å². The van der Waals surface area contributed by atoms with E-state index >= 15 is 0 Å². The molecule has 11 heteroatoms. The van der Waals surface area contributed by atoms with E-state index in [1.807, 2.05) is 36.4 Å². The minimum Gasteiger partial charge on any atom is -0.444 e. The van der Waals surface area contributed by atoms with Crippen molar-refractivity contribution in [2.24, 2.45) is 0 Å². The van der Waals surface area contributed by atoms with Crippen molar-refractivity contribution >= 4 is 32.7 Å². The first-order valence-electron chi connectivity index (χ1n) is 10.8. The number of aromatic nitrogens is 3. The third-order valence-electron chi connectivity index (χ3n) is 5.36. The molecule has 3 aromatic rings. The van der Waals surface area contributed by atoms with E-state index in [9.17, 15) is 18.5 Å². The van der Waals surface area contributed by atoms with Crippen LogP contribution in [0, 0.1) is 11.3 Å². The molecule has 1 aliphatic heterocycles. The molecule has 0 spiro atoms. The lowest BCUT2D eigenvalue weighted by atomic mass is 10.1. The van der Waals surface area contributed by atoms with E-state index in [-0.39, 0.29) is 23.6 Å². The number of nitrogens with zero attached hydrogens (tertiary/aromatic N) is 3. The third-order valence-corrected chi connectivity index (χ3v) is 7.08. The van der Waals surface area contributed by atoms with Gasteiger partial charge in [0.15, 0.2) is 15.5 Å². The van der Waals surface area contributed by atoms with Gasteiger partial charge in [0.05, 0.1) is 35.5 Å². The molecule has 0 bridgehead atoms. The van der Waals surface area contributed by atoms with Crippen LogP contribution < -0.4 is 10.6 Å². The number of benzene rings is 1. The van der Waals surface area contributed by atoms with Gasteiger partial charge in [-0.15, -0.1) is 0 Å². The van der Waals surface area contributed by atoms with Crippen LogP contribution in [0.4, 0.5) is 10.6 Å². The number of nitriles is 1. The summed E-state index contributed by atoms with van der Waals surface area (Å²) >= 11 is 0. The molecule has 0 unspecified atom stereocenters. The van der Waals surface area contributed by atoms with E-state index in [0.717, 1.165) is 10.9 Å². The number of H-pyrrole nitrogens is 1. The first-order chi connectivity index (χ1) is 16.0. The van der Waals surface area contributed by atoms with Crippen molar-refractivity contribution in [3.05, 3.63) is 42.2 Å². The van der Waals surface area contributed by atoms with Crippen LogP contribution in [-0.2, 0) is 14.6 Å². The highest BCUT2D eigenvalue weighted by Crippen LogP contribution is 2.26. The van der Waals surface area contributed by atoms with Gasteiger partial charge in [-0.1, -0.05) is 18.2 Å². The number of rotatable bonds is 4. The predicted octanol–water partition coefficient (Wildman–Crippen LogP) is 2.99. The van der Waals surface area contributed by atoms with Crippen LogP contribution in [0.3, 0.4) is 0 Å². The molecule has 2 aromatic heterocycles. The zero-order valence-electron chi connectivity index (χ0n) is 19.1. The molecule has 178 valence electrons. The largest absolute Gasteiger partial charge is 0.444 e. The molecule has 3 N–H and O–H groups in total. The molecule has 1 fully saturated rings. The Bertz CT molecular complexity index is 1340. The number of amides is 1. The van der Waals surface area contributed by atoms with Crippen LogP contribution in [0.25, 0.3) is 22.3 Å². The minimum absolute atomic E-state index is 0.0367. The third kappa shape index (κ3) is 5.46. The number of aromatic amines is 1. The Balaban J connectivity index is 1.61. The highest BCUT2D eigenvalue weighted by molar-refractivity contribution is 7.91. The standard InChI is InChI=1S/C23H26N6O4S/c1-23(2,3)33-22(30)28-16-8-9-34(31,32)13-19(16)27-20-12-25-18(11-24)21(29-20)17-10-14-6-4-5-7-15(14)26-17/h4-7,10,12,16,19,26H,8-9,13H2,1-3H3,(H,27,29)(H,28,30)/t16-,19+/m0/s1. The second kappa shape index (κ2) is 8.95. The van der Waals surface area contributed by atoms with Crippen LogP contribution in [0.1, 0.15) is 32.9 Å². The molecule has 34 heavy (non-hydrogen) atoms. The lowest BCUT2D eigenvalue weighted by Gasteiger charge is -2.33. The molecule has 0 saturated carbocycles. The van der Waals surface area contributed by atoms with Gasteiger partial charge in [0.1, 0.15) is 23.2 Å². The summed E-state index contributed by atoms with van der Waals surface area (Å²) in [5.41, 5.74) is 1.31. The maximum atomic E-state index is 12.3. The van der Waals surface area contributed by atoms with Crippen LogP contribution in [0.15, 0.2) is 36.5 Å². The highest BCUT2D eigenvalue weighted by atomic mass is 32.2. The fourth-order valence-corrected chi connectivity index (χ4v) is 5.52. The summed E-state index contributed by atoms with van der Waals surface area (Å²) in [6.45, 7) is 5.27. The van der Waals surface area contributed by atoms with Crippen LogP contribution >= 0.6 is 0 Å². The van der Waals surface area contributed by atoms with Gasteiger partial charge in [-0.05, 0) is 39.3 Å². The number of alkyl carbamates (subject to hydrolysis) is 1. The number of anilines is 1. The van der Waals surface area contributed by atoms with Crippen molar-refractivity contribution in [1.82, 2.24) is 20.3 Å². The second-order valence-electron chi connectivity index (χ2n) is 9.24. The second-order valence-corrected chi connectivity index (χ2v) is 11.5. The molecule has 4 rings (SSSR count). The number of carbonyl (C=O) groups is 1. The normalized spacial score (nSPS) is 19.8. The number of carbonyl (C=O) groups excluding carboxylic acids is 1. The van der Waals surface area contributed by atoms with E-state index in [4.69, 9.17) is 4.74 Å². The molecule has 10 nitrogen and oxygen atoms in total. The molecule has 1 aliphatic rings.